The van der Waals surface area contributed by atoms with Crippen molar-refractivity contribution in [1.82, 2.24) is 10.6 Å². The Hall–Kier alpha value is -0.220. The predicted octanol–water partition coefficient (Wildman–Crippen LogP) is 1.77. The molecule has 0 spiro atoms. The van der Waals surface area contributed by atoms with Crippen LogP contribution < -0.4 is 10.6 Å². The van der Waals surface area contributed by atoms with E-state index in [2.05, 4.69) is 16.9 Å². The maximum Gasteiger partial charge on any atom is 0.221 e. The van der Waals surface area contributed by atoms with Crippen molar-refractivity contribution in [3.05, 3.63) is 0 Å². The minimum absolute atomic E-state index is 0.154. The van der Waals surface area contributed by atoms with Gasteiger partial charge in [-0.05, 0) is 32.9 Å². The lowest BCUT2D eigenvalue weighted by molar-refractivity contribution is -0.121. The minimum Gasteiger partial charge on any atom is -0.354 e. The summed E-state index contributed by atoms with van der Waals surface area (Å²) in [5, 5.41) is 7.16. The molecule has 0 bridgehead atoms. The first-order chi connectivity index (χ1) is 7.63. The van der Waals surface area contributed by atoms with Crippen LogP contribution in [0, 0.1) is 0 Å². The predicted molar refractivity (Wildman–Crippen MR) is 70.8 cm³/mol. The van der Waals surface area contributed by atoms with Crippen molar-refractivity contribution in [3.8, 4) is 0 Å². The van der Waals surface area contributed by atoms with Gasteiger partial charge in [-0.25, -0.2) is 0 Å². The van der Waals surface area contributed by atoms with Crippen molar-refractivity contribution in [2.24, 2.45) is 0 Å². The number of carbonyl (C=O) groups is 1. The van der Waals surface area contributed by atoms with Crippen molar-refractivity contribution in [2.45, 2.75) is 56.9 Å². The van der Waals surface area contributed by atoms with Crippen LogP contribution in [0.25, 0.3) is 0 Å². The molecule has 0 aromatic heterocycles. The van der Waals surface area contributed by atoms with Crippen LogP contribution in [0.3, 0.4) is 0 Å². The van der Waals surface area contributed by atoms with E-state index >= 15 is 0 Å². The minimum atomic E-state index is 0.154. The lowest BCUT2D eigenvalue weighted by Gasteiger charge is -2.19. The maximum atomic E-state index is 11.4. The molecule has 1 aliphatic carbocycles. The van der Waals surface area contributed by atoms with Crippen LogP contribution in [0.1, 0.15) is 39.5 Å². The Morgan fingerprint density at radius 3 is 2.81 bits per heavy atom. The Kier molecular flexibility index (Phi) is 6.21. The van der Waals surface area contributed by atoms with Gasteiger partial charge in [-0.2, -0.15) is 11.8 Å². The van der Waals surface area contributed by atoms with Gasteiger partial charge in [0.2, 0.25) is 5.91 Å². The largest absolute Gasteiger partial charge is 0.354 e. The number of hydrogen-bond donors (Lipinski definition) is 2. The van der Waals surface area contributed by atoms with Crippen LogP contribution in [-0.2, 0) is 4.79 Å². The molecule has 2 atom stereocenters. The lowest BCUT2D eigenvalue weighted by Crippen LogP contribution is -2.38. The van der Waals surface area contributed by atoms with Crippen molar-refractivity contribution in [1.29, 1.82) is 0 Å². The molecule has 1 rings (SSSR count). The fourth-order valence-corrected chi connectivity index (χ4v) is 3.17. The van der Waals surface area contributed by atoms with Gasteiger partial charge in [0.05, 0.1) is 0 Å². The molecule has 0 heterocycles. The van der Waals surface area contributed by atoms with Crippen molar-refractivity contribution < 1.29 is 4.79 Å². The molecule has 1 saturated carbocycles. The van der Waals surface area contributed by atoms with E-state index in [1.54, 1.807) is 0 Å². The first-order valence-corrected chi connectivity index (χ1v) is 7.47. The SMILES string of the molecule is CSC1CCCC1NCCC(=O)NC(C)C. The topological polar surface area (TPSA) is 41.1 Å². The normalized spacial score (nSPS) is 25.0. The fourth-order valence-electron chi connectivity index (χ4n) is 2.21. The highest BCUT2D eigenvalue weighted by Gasteiger charge is 2.25. The average Bonchev–Trinajstić information content (AvgIpc) is 2.64. The summed E-state index contributed by atoms with van der Waals surface area (Å²) in [5.74, 6) is 0.154. The van der Waals surface area contributed by atoms with Gasteiger partial charge in [0, 0.05) is 30.3 Å². The Labute approximate surface area is 103 Å². The standard InChI is InChI=1S/C12H24N2OS/c1-9(2)14-12(15)7-8-13-10-5-4-6-11(10)16-3/h9-11,13H,4-8H2,1-3H3,(H,14,15). The third-order valence-corrected chi connectivity index (χ3v) is 4.13. The van der Waals surface area contributed by atoms with Crippen molar-refractivity contribution in [3.63, 3.8) is 0 Å². The molecular formula is C12H24N2OS. The molecule has 0 saturated heterocycles. The second-order valence-corrected chi connectivity index (χ2v) is 5.81. The van der Waals surface area contributed by atoms with E-state index in [0.717, 1.165) is 11.8 Å². The summed E-state index contributed by atoms with van der Waals surface area (Å²) < 4.78 is 0. The van der Waals surface area contributed by atoms with E-state index in [1.165, 1.54) is 19.3 Å². The highest BCUT2D eigenvalue weighted by molar-refractivity contribution is 7.99. The van der Waals surface area contributed by atoms with E-state index in [9.17, 15) is 4.79 Å². The molecule has 0 aromatic carbocycles. The number of amides is 1. The van der Waals surface area contributed by atoms with E-state index in [-0.39, 0.29) is 11.9 Å². The Morgan fingerprint density at radius 2 is 2.19 bits per heavy atom. The second-order valence-electron chi connectivity index (χ2n) is 4.74. The zero-order chi connectivity index (χ0) is 12.0. The molecule has 1 amide bonds. The van der Waals surface area contributed by atoms with Gasteiger partial charge >= 0.3 is 0 Å². The van der Waals surface area contributed by atoms with Crippen molar-refractivity contribution >= 4 is 17.7 Å². The van der Waals surface area contributed by atoms with E-state index in [1.807, 2.05) is 25.6 Å². The number of carbonyl (C=O) groups excluding carboxylic acids is 1. The summed E-state index contributed by atoms with van der Waals surface area (Å²) in [6.45, 7) is 4.79. The Morgan fingerprint density at radius 1 is 1.44 bits per heavy atom. The highest BCUT2D eigenvalue weighted by atomic mass is 32.2. The summed E-state index contributed by atoms with van der Waals surface area (Å²) in [6.07, 6.45) is 6.67. The quantitative estimate of drug-likeness (QED) is 0.748. The third-order valence-electron chi connectivity index (χ3n) is 2.96. The summed E-state index contributed by atoms with van der Waals surface area (Å²) in [6, 6.07) is 0.861. The van der Waals surface area contributed by atoms with Crippen molar-refractivity contribution in [2.75, 3.05) is 12.8 Å². The van der Waals surface area contributed by atoms with Gasteiger partial charge in [-0.15, -0.1) is 0 Å². The third kappa shape index (κ3) is 4.74. The molecule has 3 nitrogen and oxygen atoms in total. The molecule has 4 heteroatoms. The van der Waals surface area contributed by atoms with Gasteiger partial charge in [-0.3, -0.25) is 4.79 Å². The second kappa shape index (κ2) is 7.17. The molecule has 16 heavy (non-hydrogen) atoms. The zero-order valence-electron chi connectivity index (χ0n) is 10.6. The first kappa shape index (κ1) is 13.8. The van der Waals surface area contributed by atoms with Crippen LogP contribution in [0.5, 0.6) is 0 Å². The molecule has 1 fully saturated rings. The number of hydrogen-bond acceptors (Lipinski definition) is 3. The van der Waals surface area contributed by atoms with Crippen LogP contribution in [0.4, 0.5) is 0 Å². The van der Waals surface area contributed by atoms with E-state index < -0.39 is 0 Å². The summed E-state index contributed by atoms with van der Waals surface area (Å²) >= 11 is 1.95. The molecule has 2 unspecified atom stereocenters. The van der Waals surface area contributed by atoms with Crippen LogP contribution >= 0.6 is 11.8 Å². The summed E-state index contributed by atoms with van der Waals surface area (Å²) in [7, 11) is 0. The van der Waals surface area contributed by atoms with Gasteiger partial charge in [-0.1, -0.05) is 6.42 Å². The molecule has 0 radical (unpaired) electrons. The molecule has 94 valence electrons. The highest BCUT2D eigenvalue weighted by Crippen LogP contribution is 2.28. The van der Waals surface area contributed by atoms with Gasteiger partial charge in [0.25, 0.3) is 0 Å². The summed E-state index contributed by atoms with van der Waals surface area (Å²) in [5.41, 5.74) is 0. The lowest BCUT2D eigenvalue weighted by atomic mass is 10.2. The fraction of sp³-hybridized carbons (Fsp3) is 0.917. The maximum absolute atomic E-state index is 11.4. The number of thioether (sulfide) groups is 1. The number of rotatable bonds is 6. The van der Waals surface area contributed by atoms with Gasteiger partial charge in [0.1, 0.15) is 0 Å². The Bertz CT molecular complexity index is 221. The smallest absolute Gasteiger partial charge is 0.221 e. The first-order valence-electron chi connectivity index (χ1n) is 6.19. The average molecular weight is 244 g/mol. The summed E-state index contributed by atoms with van der Waals surface area (Å²) in [4.78, 5) is 11.4. The molecule has 2 N–H and O–H groups in total. The zero-order valence-corrected chi connectivity index (χ0v) is 11.4. The van der Waals surface area contributed by atoms with Gasteiger partial charge < -0.3 is 10.6 Å². The molecular weight excluding hydrogens is 220 g/mol. The molecule has 0 aliphatic heterocycles. The van der Waals surface area contributed by atoms with E-state index in [4.69, 9.17) is 0 Å². The van der Waals surface area contributed by atoms with E-state index in [0.29, 0.717) is 12.5 Å². The molecule has 1 aliphatic rings. The Balaban J connectivity index is 2.12. The monoisotopic (exact) mass is 244 g/mol. The number of nitrogens with one attached hydrogen (secondary N) is 2. The van der Waals surface area contributed by atoms with Crippen LogP contribution in [0.15, 0.2) is 0 Å². The van der Waals surface area contributed by atoms with Crippen LogP contribution in [0.2, 0.25) is 0 Å². The molecule has 0 aromatic rings. The van der Waals surface area contributed by atoms with Crippen LogP contribution in [-0.4, -0.2) is 36.0 Å². The van der Waals surface area contributed by atoms with Gasteiger partial charge in [0.15, 0.2) is 0 Å².